The number of nitrogen functional groups attached to an aromatic ring is 1. The number of hydrogen-bond acceptors (Lipinski definition) is 4. The average molecular weight is 272 g/mol. The largest absolute Gasteiger partial charge is 0.381 e. The molecule has 20 heavy (non-hydrogen) atoms. The molecule has 1 heterocycles. The van der Waals surface area contributed by atoms with Crippen LogP contribution in [0.3, 0.4) is 0 Å². The first-order valence-electron chi connectivity index (χ1n) is 7.35. The third kappa shape index (κ3) is 3.83. The number of benzene rings is 1. The number of rotatable bonds is 6. The molecule has 0 aliphatic carbocycles. The molecule has 0 saturated carbocycles. The van der Waals surface area contributed by atoms with Crippen LogP contribution in [0.2, 0.25) is 0 Å². The maximum Gasteiger partial charge on any atom is 0.169 e. The highest BCUT2D eigenvalue weighted by Crippen LogP contribution is 2.20. The summed E-state index contributed by atoms with van der Waals surface area (Å²) >= 11 is 0. The summed E-state index contributed by atoms with van der Waals surface area (Å²) in [6.45, 7) is 6.67. The van der Waals surface area contributed by atoms with Gasteiger partial charge in [-0.25, -0.2) is 9.97 Å². The molecule has 4 nitrogen and oxygen atoms in total. The molecule has 0 saturated heterocycles. The highest BCUT2D eigenvalue weighted by Gasteiger charge is 2.09. The first-order valence-corrected chi connectivity index (χ1v) is 7.35. The van der Waals surface area contributed by atoms with Gasteiger partial charge in [0.1, 0.15) is 0 Å². The van der Waals surface area contributed by atoms with Crippen LogP contribution in [0.4, 0.5) is 11.6 Å². The maximum absolute atomic E-state index is 5.98. The van der Waals surface area contributed by atoms with Crippen molar-refractivity contribution in [3.05, 3.63) is 24.3 Å². The second kappa shape index (κ2) is 6.55. The number of aromatic nitrogens is 2. The lowest BCUT2D eigenvalue weighted by Gasteiger charge is -2.16. The molecule has 0 aliphatic rings. The molecule has 0 fully saturated rings. The van der Waals surface area contributed by atoms with E-state index >= 15 is 0 Å². The van der Waals surface area contributed by atoms with Crippen LogP contribution in [0.15, 0.2) is 24.3 Å². The van der Waals surface area contributed by atoms with Crippen LogP contribution in [0.1, 0.15) is 40.0 Å². The van der Waals surface area contributed by atoms with Crippen LogP contribution >= 0.6 is 0 Å². The molecule has 2 rings (SSSR count). The molecule has 0 spiro atoms. The van der Waals surface area contributed by atoms with Crippen molar-refractivity contribution in [2.24, 2.45) is 5.92 Å². The predicted octanol–water partition coefficient (Wildman–Crippen LogP) is 3.84. The SMILES string of the molecule is CC(C)CCCC(C)Nc1nc2ccccc2nc1N. The van der Waals surface area contributed by atoms with E-state index in [1.165, 1.54) is 12.8 Å². The Morgan fingerprint density at radius 1 is 1.05 bits per heavy atom. The third-order valence-electron chi connectivity index (χ3n) is 3.40. The lowest BCUT2D eigenvalue weighted by molar-refractivity contribution is 0.520. The smallest absolute Gasteiger partial charge is 0.169 e. The van der Waals surface area contributed by atoms with Crippen LogP contribution in [-0.2, 0) is 0 Å². The molecular weight excluding hydrogens is 248 g/mol. The molecule has 0 amide bonds. The number of nitrogens with one attached hydrogen (secondary N) is 1. The summed E-state index contributed by atoms with van der Waals surface area (Å²) in [4.78, 5) is 8.95. The van der Waals surface area contributed by atoms with Crippen LogP contribution in [-0.4, -0.2) is 16.0 Å². The third-order valence-corrected chi connectivity index (χ3v) is 3.40. The lowest BCUT2D eigenvalue weighted by Crippen LogP contribution is -2.18. The summed E-state index contributed by atoms with van der Waals surface area (Å²) in [5, 5.41) is 3.38. The zero-order chi connectivity index (χ0) is 14.5. The van der Waals surface area contributed by atoms with Gasteiger partial charge < -0.3 is 11.1 Å². The Labute approximate surface area is 120 Å². The predicted molar refractivity (Wildman–Crippen MR) is 85.7 cm³/mol. The molecule has 1 atom stereocenters. The number of hydrogen-bond donors (Lipinski definition) is 2. The molecule has 1 aromatic carbocycles. The Morgan fingerprint density at radius 2 is 1.70 bits per heavy atom. The number of nitrogens with two attached hydrogens (primary N) is 1. The van der Waals surface area contributed by atoms with Gasteiger partial charge in [0.15, 0.2) is 11.6 Å². The minimum absolute atomic E-state index is 0.353. The highest BCUT2D eigenvalue weighted by atomic mass is 15.1. The van der Waals surface area contributed by atoms with E-state index in [9.17, 15) is 0 Å². The molecule has 2 aromatic rings. The molecule has 108 valence electrons. The number of para-hydroxylation sites is 2. The van der Waals surface area contributed by atoms with Crippen molar-refractivity contribution in [2.45, 2.75) is 46.1 Å². The van der Waals surface area contributed by atoms with E-state index in [-0.39, 0.29) is 0 Å². The summed E-state index contributed by atoms with van der Waals surface area (Å²) in [5.74, 6) is 1.92. The summed E-state index contributed by atoms with van der Waals surface area (Å²) in [6, 6.07) is 8.14. The minimum Gasteiger partial charge on any atom is -0.381 e. The number of nitrogens with zero attached hydrogens (tertiary/aromatic N) is 2. The summed E-state index contributed by atoms with van der Waals surface area (Å²) in [6.07, 6.45) is 3.59. The van der Waals surface area contributed by atoms with Gasteiger partial charge in [-0.05, 0) is 31.4 Å². The van der Waals surface area contributed by atoms with Crippen molar-refractivity contribution in [3.63, 3.8) is 0 Å². The van der Waals surface area contributed by atoms with Crippen LogP contribution in [0.5, 0.6) is 0 Å². The summed E-state index contributed by atoms with van der Waals surface area (Å²) in [7, 11) is 0. The second-order valence-corrected chi connectivity index (χ2v) is 5.82. The number of fused-ring (bicyclic) bond motifs is 1. The molecule has 0 aliphatic heterocycles. The Hall–Kier alpha value is -1.84. The van der Waals surface area contributed by atoms with Crippen molar-refractivity contribution < 1.29 is 0 Å². The van der Waals surface area contributed by atoms with Crippen molar-refractivity contribution in [2.75, 3.05) is 11.1 Å². The molecule has 0 bridgehead atoms. The normalized spacial score (nSPS) is 12.8. The fourth-order valence-corrected chi connectivity index (χ4v) is 2.26. The fraction of sp³-hybridized carbons (Fsp3) is 0.500. The van der Waals surface area contributed by atoms with Gasteiger partial charge in [0, 0.05) is 6.04 Å². The van der Waals surface area contributed by atoms with E-state index < -0.39 is 0 Å². The van der Waals surface area contributed by atoms with Gasteiger partial charge in [-0.15, -0.1) is 0 Å². The van der Waals surface area contributed by atoms with Gasteiger partial charge in [-0.1, -0.05) is 38.8 Å². The van der Waals surface area contributed by atoms with E-state index in [2.05, 4.69) is 36.1 Å². The van der Waals surface area contributed by atoms with Crippen LogP contribution in [0.25, 0.3) is 11.0 Å². The molecule has 1 unspecified atom stereocenters. The summed E-state index contributed by atoms with van der Waals surface area (Å²) in [5.41, 5.74) is 7.69. The maximum atomic E-state index is 5.98. The van der Waals surface area contributed by atoms with E-state index in [4.69, 9.17) is 5.73 Å². The first-order chi connectivity index (χ1) is 9.56. The molecule has 4 heteroatoms. The summed E-state index contributed by atoms with van der Waals surface area (Å²) < 4.78 is 0. The van der Waals surface area contributed by atoms with Crippen molar-refractivity contribution in [1.82, 2.24) is 9.97 Å². The Bertz CT molecular complexity index is 565. The number of anilines is 2. The van der Waals surface area contributed by atoms with Crippen molar-refractivity contribution in [1.29, 1.82) is 0 Å². The lowest BCUT2D eigenvalue weighted by atomic mass is 10.0. The second-order valence-electron chi connectivity index (χ2n) is 5.82. The van der Waals surface area contributed by atoms with Gasteiger partial charge in [-0.2, -0.15) is 0 Å². The monoisotopic (exact) mass is 272 g/mol. The van der Waals surface area contributed by atoms with E-state index in [1.807, 2.05) is 24.3 Å². The fourth-order valence-electron chi connectivity index (χ4n) is 2.26. The Morgan fingerprint density at radius 3 is 2.35 bits per heavy atom. The van der Waals surface area contributed by atoms with Crippen LogP contribution in [0, 0.1) is 5.92 Å². The van der Waals surface area contributed by atoms with Gasteiger partial charge >= 0.3 is 0 Å². The van der Waals surface area contributed by atoms with Crippen molar-refractivity contribution >= 4 is 22.7 Å². The zero-order valence-corrected chi connectivity index (χ0v) is 12.6. The molecular formula is C16H24N4. The van der Waals surface area contributed by atoms with Gasteiger partial charge in [0.25, 0.3) is 0 Å². The van der Waals surface area contributed by atoms with Crippen LogP contribution < -0.4 is 11.1 Å². The van der Waals surface area contributed by atoms with Gasteiger partial charge in [-0.3, -0.25) is 0 Å². The Kier molecular flexibility index (Phi) is 4.77. The Balaban J connectivity index is 2.03. The average Bonchev–Trinajstić information content (AvgIpc) is 2.39. The molecule has 0 radical (unpaired) electrons. The first kappa shape index (κ1) is 14.6. The minimum atomic E-state index is 0.353. The zero-order valence-electron chi connectivity index (χ0n) is 12.6. The van der Waals surface area contributed by atoms with Crippen molar-refractivity contribution in [3.8, 4) is 0 Å². The quantitative estimate of drug-likeness (QED) is 0.838. The van der Waals surface area contributed by atoms with Gasteiger partial charge in [0.2, 0.25) is 0 Å². The molecule has 1 aromatic heterocycles. The van der Waals surface area contributed by atoms with E-state index in [0.717, 1.165) is 23.4 Å². The van der Waals surface area contributed by atoms with E-state index in [1.54, 1.807) is 0 Å². The van der Waals surface area contributed by atoms with E-state index in [0.29, 0.717) is 17.7 Å². The molecule has 3 N–H and O–H groups in total. The topological polar surface area (TPSA) is 63.8 Å². The standard InChI is InChI=1S/C16H24N4/c1-11(2)7-6-8-12(3)18-16-15(17)19-13-9-4-5-10-14(13)20-16/h4-5,9-12H,6-8H2,1-3H3,(H2,17,19)(H,18,20). The van der Waals surface area contributed by atoms with Gasteiger partial charge in [0.05, 0.1) is 11.0 Å². The highest BCUT2D eigenvalue weighted by molar-refractivity contribution is 5.79.